The van der Waals surface area contributed by atoms with Gasteiger partial charge in [0.1, 0.15) is 10.1 Å². The minimum Gasteiger partial charge on any atom is -0.744 e. The second kappa shape index (κ2) is 6.25. The monoisotopic (exact) mass is 237 g/mol. The Kier molecular flexibility index (Phi) is 7.09. The summed E-state index contributed by atoms with van der Waals surface area (Å²) >= 11 is 0. The predicted molar refractivity (Wildman–Crippen MR) is 62.7 cm³/mol. The molecule has 0 atom stereocenters. The first kappa shape index (κ1) is 17.0. The van der Waals surface area contributed by atoms with Gasteiger partial charge in [-0.1, -0.05) is 26.8 Å². The van der Waals surface area contributed by atoms with E-state index >= 15 is 0 Å². The lowest BCUT2D eigenvalue weighted by atomic mass is 9.79. The van der Waals surface area contributed by atoms with Gasteiger partial charge < -0.3 is 10.7 Å². The van der Waals surface area contributed by atoms with Crippen molar-refractivity contribution < 1.29 is 13.0 Å². The number of allylic oxidation sites excluding steroid dienone is 2. The first-order valence-corrected chi connectivity index (χ1v) is 6.37. The second-order valence-electron chi connectivity index (χ2n) is 3.63. The van der Waals surface area contributed by atoms with Crippen LogP contribution in [0.15, 0.2) is 11.0 Å². The van der Waals surface area contributed by atoms with E-state index in [9.17, 15) is 13.0 Å². The van der Waals surface area contributed by atoms with Crippen molar-refractivity contribution in [2.45, 2.75) is 47.0 Å². The molecule has 0 aromatic heterocycles. The van der Waals surface area contributed by atoms with Crippen LogP contribution in [0.3, 0.4) is 0 Å². The summed E-state index contributed by atoms with van der Waals surface area (Å²) in [4.78, 5) is -0.0527. The van der Waals surface area contributed by atoms with Crippen molar-refractivity contribution in [3.8, 4) is 0 Å². The third kappa shape index (κ3) is 4.77. The highest BCUT2D eigenvalue weighted by Crippen LogP contribution is 2.33. The molecule has 5 heteroatoms. The topological polar surface area (TPSA) is 93.7 Å². The molecule has 15 heavy (non-hydrogen) atoms. The summed E-state index contributed by atoms with van der Waals surface area (Å²) in [7, 11) is -4.26. The van der Waals surface area contributed by atoms with E-state index in [1.807, 2.05) is 20.8 Å². The molecule has 0 rings (SSSR count). The standard InChI is InChI=1S/C10H20O3S.H3N/c1-5-10(6-2,7-3)8-9(4)14(11,12)13;/h8H,5-7H2,1-4H3,(H,11,12,13);1H3. The molecule has 0 aromatic rings. The average Bonchev–Trinajstić information content (AvgIpc) is 2.12. The summed E-state index contributed by atoms with van der Waals surface area (Å²) < 4.78 is 32.2. The molecule has 0 radical (unpaired) electrons. The van der Waals surface area contributed by atoms with Crippen LogP contribution >= 0.6 is 0 Å². The molecule has 0 aliphatic carbocycles. The Hall–Kier alpha value is -0.390. The third-order valence-electron chi connectivity index (χ3n) is 3.02. The molecule has 0 bridgehead atoms. The maximum atomic E-state index is 10.7. The molecule has 0 spiro atoms. The Morgan fingerprint density at radius 3 is 1.73 bits per heavy atom. The van der Waals surface area contributed by atoms with Crippen molar-refractivity contribution in [1.82, 2.24) is 6.15 Å². The molecule has 0 aliphatic heterocycles. The highest BCUT2D eigenvalue weighted by atomic mass is 32.2. The highest BCUT2D eigenvalue weighted by Gasteiger charge is 2.21. The van der Waals surface area contributed by atoms with Crippen LogP contribution < -0.4 is 6.15 Å². The fourth-order valence-corrected chi connectivity index (χ4v) is 1.95. The lowest BCUT2D eigenvalue weighted by molar-refractivity contribution is 0.337. The molecule has 0 amide bonds. The SMILES string of the molecule is CCC(C=C(C)S(=O)(=O)[O-])(CC)CC.[NH4+]. The summed E-state index contributed by atoms with van der Waals surface area (Å²) in [6.07, 6.45) is 4.18. The summed E-state index contributed by atoms with van der Waals surface area (Å²) in [6.45, 7) is 7.40. The fourth-order valence-electron chi connectivity index (χ4n) is 1.56. The normalized spacial score (nSPS) is 13.5. The maximum Gasteiger partial charge on any atom is 0.119 e. The summed E-state index contributed by atoms with van der Waals surface area (Å²) in [5.41, 5.74) is -0.137. The van der Waals surface area contributed by atoms with Gasteiger partial charge in [-0.2, -0.15) is 0 Å². The van der Waals surface area contributed by atoms with Crippen LogP contribution in [-0.4, -0.2) is 13.0 Å². The minimum atomic E-state index is -4.26. The third-order valence-corrected chi connectivity index (χ3v) is 3.92. The average molecular weight is 237 g/mol. The molecule has 4 N–H and O–H groups in total. The van der Waals surface area contributed by atoms with E-state index < -0.39 is 10.1 Å². The van der Waals surface area contributed by atoms with Gasteiger partial charge in [-0.05, 0) is 31.6 Å². The van der Waals surface area contributed by atoms with Crippen LogP contribution in [0.25, 0.3) is 0 Å². The van der Waals surface area contributed by atoms with E-state index in [0.717, 1.165) is 19.3 Å². The van der Waals surface area contributed by atoms with Crippen LogP contribution in [0.1, 0.15) is 47.0 Å². The Balaban J connectivity index is 0. The van der Waals surface area contributed by atoms with Crippen LogP contribution in [0.4, 0.5) is 0 Å². The molecular weight excluding hydrogens is 214 g/mol. The van der Waals surface area contributed by atoms with Gasteiger partial charge in [-0.25, -0.2) is 8.42 Å². The quantitative estimate of drug-likeness (QED) is 0.744. The Morgan fingerprint density at radius 2 is 1.53 bits per heavy atom. The molecule has 4 nitrogen and oxygen atoms in total. The Labute approximate surface area is 93.1 Å². The van der Waals surface area contributed by atoms with Crippen LogP contribution in [0.5, 0.6) is 0 Å². The van der Waals surface area contributed by atoms with Gasteiger partial charge in [0.15, 0.2) is 0 Å². The molecule has 0 fully saturated rings. The van der Waals surface area contributed by atoms with Crippen molar-refractivity contribution >= 4 is 10.1 Å². The Bertz CT molecular complexity index is 294. The highest BCUT2D eigenvalue weighted by molar-refractivity contribution is 7.89. The first-order chi connectivity index (χ1) is 6.31. The van der Waals surface area contributed by atoms with Crippen molar-refractivity contribution in [3.63, 3.8) is 0 Å². The van der Waals surface area contributed by atoms with E-state index in [0.29, 0.717) is 0 Å². The predicted octanol–water partition coefficient (Wildman–Crippen LogP) is 3.03. The molecule has 0 saturated heterocycles. The zero-order valence-corrected chi connectivity index (χ0v) is 11.1. The molecule has 0 aliphatic rings. The van der Waals surface area contributed by atoms with Gasteiger partial charge in [0.2, 0.25) is 0 Å². The number of quaternary nitrogens is 1. The van der Waals surface area contributed by atoms with Gasteiger partial charge in [0.25, 0.3) is 0 Å². The number of rotatable bonds is 5. The van der Waals surface area contributed by atoms with E-state index in [-0.39, 0.29) is 16.5 Å². The van der Waals surface area contributed by atoms with Crippen molar-refractivity contribution in [2.75, 3.05) is 0 Å². The summed E-state index contributed by atoms with van der Waals surface area (Å²) in [5, 5.41) is 0. The fraction of sp³-hybridized carbons (Fsp3) is 0.800. The van der Waals surface area contributed by atoms with Crippen molar-refractivity contribution in [2.24, 2.45) is 5.41 Å². The van der Waals surface area contributed by atoms with Crippen molar-refractivity contribution in [3.05, 3.63) is 11.0 Å². The van der Waals surface area contributed by atoms with Crippen molar-refractivity contribution in [1.29, 1.82) is 0 Å². The summed E-state index contributed by atoms with van der Waals surface area (Å²) in [6, 6.07) is 0. The molecule has 0 unspecified atom stereocenters. The van der Waals surface area contributed by atoms with Crippen LogP contribution in [0, 0.1) is 5.41 Å². The lowest BCUT2D eigenvalue weighted by Crippen LogP contribution is -2.16. The number of hydrogen-bond donors (Lipinski definition) is 1. The zero-order chi connectivity index (χ0) is 11.4. The second-order valence-corrected chi connectivity index (χ2v) is 5.18. The van der Waals surface area contributed by atoms with Crippen LogP contribution in [-0.2, 0) is 10.1 Å². The maximum absolute atomic E-state index is 10.7. The first-order valence-electron chi connectivity index (χ1n) is 4.96. The largest absolute Gasteiger partial charge is 0.744 e. The molecule has 92 valence electrons. The van der Waals surface area contributed by atoms with Gasteiger partial charge in [-0.15, -0.1) is 0 Å². The van der Waals surface area contributed by atoms with E-state index in [2.05, 4.69) is 0 Å². The van der Waals surface area contributed by atoms with Gasteiger partial charge in [-0.3, -0.25) is 0 Å². The molecular formula is C10H23NO3S. The van der Waals surface area contributed by atoms with Gasteiger partial charge in [0.05, 0.1) is 0 Å². The van der Waals surface area contributed by atoms with E-state index in [1.54, 1.807) is 6.08 Å². The van der Waals surface area contributed by atoms with Gasteiger partial charge >= 0.3 is 0 Å². The van der Waals surface area contributed by atoms with Gasteiger partial charge in [0, 0.05) is 4.91 Å². The van der Waals surface area contributed by atoms with E-state index in [4.69, 9.17) is 0 Å². The number of hydrogen-bond acceptors (Lipinski definition) is 3. The molecule has 0 aromatic carbocycles. The summed E-state index contributed by atoms with van der Waals surface area (Å²) in [5.74, 6) is 0. The molecule has 0 saturated carbocycles. The molecule has 0 heterocycles. The lowest BCUT2D eigenvalue weighted by Gasteiger charge is -2.27. The van der Waals surface area contributed by atoms with Crippen LogP contribution in [0.2, 0.25) is 0 Å². The Morgan fingerprint density at radius 1 is 1.20 bits per heavy atom. The van der Waals surface area contributed by atoms with E-state index in [1.165, 1.54) is 6.92 Å². The minimum absolute atomic E-state index is 0. The zero-order valence-electron chi connectivity index (χ0n) is 10.3. The smallest absolute Gasteiger partial charge is 0.119 e.